The van der Waals surface area contributed by atoms with Crippen LogP contribution in [0.25, 0.3) is 0 Å². The summed E-state index contributed by atoms with van der Waals surface area (Å²) in [6.07, 6.45) is 2.55. The molecule has 3 aliphatic rings. The quantitative estimate of drug-likeness (QED) is 0.0303. The Morgan fingerprint density at radius 3 is 2.08 bits per heavy atom. The number of ether oxygens (including phenoxy) is 7. The SMILES string of the molecule is C=C[C@](C)(O[Si](C)(C)C(C)(C)C)[C@@H](CCCOCc1c(Cl)cc(Cl)cc1Cl)OC(=O)CC[C@@]1(C)O[C@H]2[C@@H](OCOC)C[C@@]3(C)O[C@@H](CCCO[Si](c4ccccc4)(c4ccccc4)C(C)(C)C)[C@@H](C)C[C@@H]3O[C@@H]2C[C@@H]1O. The number of hydrogen-bond acceptors (Lipinski definition) is 11. The predicted molar refractivity (Wildman–Crippen MR) is 310 cm³/mol. The lowest BCUT2D eigenvalue weighted by Crippen LogP contribution is -2.66. The average molecular weight is 1150 g/mol. The standard InChI is InChI=1S/C60H89Cl3O11Si2/c1-15-58(9,74-75(13,14)56(3,4)5)52(29-23-32-67-39-45-46(62)35-42(61)36-47(45)63)71-54(65)30-31-59(10)51(64)37-49-55(73-59)50(68-40-66-12)38-60(11)53(70-49)34-41(2)48(72-60)28-22-33-69-76(57(6,7)8,43-24-18-16-19-25-43)44-26-20-17-21-27-44/h15-21,24-27,35-36,41,48-53,55,64H,1,22-23,28-34,37-40H2,2-14H3/t41-,48-,49+,50-,51-,52+,53-,55+,58-,59+,60+/m0/s1. The second kappa shape index (κ2) is 26.2. The Kier molecular flexibility index (Phi) is 21.7. The Morgan fingerprint density at radius 1 is 0.895 bits per heavy atom. The molecule has 3 fully saturated rings. The second-order valence-electron chi connectivity index (χ2n) is 24.7. The van der Waals surface area contributed by atoms with Crippen molar-refractivity contribution in [1.29, 1.82) is 0 Å². The molecule has 0 aliphatic carbocycles. The summed E-state index contributed by atoms with van der Waals surface area (Å²) >= 11 is 19.0. The Balaban J connectivity index is 1.13. The van der Waals surface area contributed by atoms with Gasteiger partial charge in [0.15, 0.2) is 8.32 Å². The van der Waals surface area contributed by atoms with Gasteiger partial charge in [-0.2, -0.15) is 0 Å². The van der Waals surface area contributed by atoms with Gasteiger partial charge in [0.25, 0.3) is 8.32 Å². The van der Waals surface area contributed by atoms with Crippen LogP contribution < -0.4 is 10.4 Å². The third kappa shape index (κ3) is 14.8. The number of fused-ring (bicyclic) bond motifs is 2. The van der Waals surface area contributed by atoms with E-state index in [4.69, 9.17) is 76.8 Å². The summed E-state index contributed by atoms with van der Waals surface area (Å²) in [6.45, 7) is 31.3. The van der Waals surface area contributed by atoms with Crippen LogP contribution >= 0.6 is 34.8 Å². The van der Waals surface area contributed by atoms with Crippen molar-refractivity contribution in [1.82, 2.24) is 0 Å². The number of halogens is 3. The van der Waals surface area contributed by atoms with Gasteiger partial charge in [0.05, 0.1) is 48.3 Å². The van der Waals surface area contributed by atoms with Gasteiger partial charge in [0.1, 0.15) is 24.6 Å². The first-order valence-electron chi connectivity index (χ1n) is 27.4. The Bertz CT molecular complexity index is 2290. The van der Waals surface area contributed by atoms with Crippen LogP contribution in [0.3, 0.4) is 0 Å². The number of carbonyl (C=O) groups is 1. The maximum Gasteiger partial charge on any atom is 0.306 e. The molecule has 76 heavy (non-hydrogen) atoms. The maximum absolute atomic E-state index is 14.2. The molecular weight excluding hydrogens is 1060 g/mol. The molecule has 0 spiro atoms. The highest BCUT2D eigenvalue weighted by Crippen LogP contribution is 2.48. The Hall–Kier alpha value is -2.19. The van der Waals surface area contributed by atoms with Crippen LogP contribution in [0.5, 0.6) is 0 Å². The normalized spacial score (nSPS) is 27.6. The minimum atomic E-state index is -2.69. The van der Waals surface area contributed by atoms with E-state index in [9.17, 15) is 9.90 Å². The molecule has 6 rings (SSSR count). The van der Waals surface area contributed by atoms with Crippen molar-refractivity contribution in [2.24, 2.45) is 5.92 Å². The molecule has 3 aliphatic heterocycles. The summed E-state index contributed by atoms with van der Waals surface area (Å²) in [7, 11) is -3.49. The van der Waals surface area contributed by atoms with E-state index < -0.39 is 69.9 Å². The molecule has 424 valence electrons. The number of benzene rings is 3. The van der Waals surface area contributed by atoms with Crippen molar-refractivity contribution in [3.63, 3.8) is 0 Å². The molecule has 11 nitrogen and oxygen atoms in total. The maximum atomic E-state index is 14.2. The van der Waals surface area contributed by atoms with Gasteiger partial charge in [-0.15, -0.1) is 6.58 Å². The molecule has 0 amide bonds. The summed E-state index contributed by atoms with van der Waals surface area (Å²) in [5.74, 6) is -0.240. The van der Waals surface area contributed by atoms with Gasteiger partial charge in [0.2, 0.25) is 0 Å². The van der Waals surface area contributed by atoms with E-state index in [2.05, 4.69) is 136 Å². The average Bonchev–Trinajstić information content (AvgIpc) is 3.45. The zero-order chi connectivity index (χ0) is 55.9. The van der Waals surface area contributed by atoms with E-state index in [0.717, 1.165) is 19.3 Å². The fourth-order valence-corrected chi connectivity index (χ4v) is 18.4. The molecule has 3 aromatic rings. The third-order valence-electron chi connectivity index (χ3n) is 16.9. The molecule has 0 bridgehead atoms. The van der Waals surface area contributed by atoms with Crippen molar-refractivity contribution in [2.75, 3.05) is 27.1 Å². The van der Waals surface area contributed by atoms with Crippen molar-refractivity contribution in [3.05, 3.63) is 106 Å². The van der Waals surface area contributed by atoms with Gasteiger partial charge < -0.3 is 47.1 Å². The number of hydrogen-bond donors (Lipinski definition) is 1. The summed E-state index contributed by atoms with van der Waals surface area (Å²) in [5.41, 5.74) is -2.22. The molecule has 0 saturated carbocycles. The van der Waals surface area contributed by atoms with Gasteiger partial charge in [-0.1, -0.05) is 150 Å². The highest BCUT2D eigenvalue weighted by molar-refractivity contribution is 6.99. The molecule has 3 saturated heterocycles. The molecule has 0 radical (unpaired) electrons. The van der Waals surface area contributed by atoms with Crippen LogP contribution in [0.15, 0.2) is 85.5 Å². The van der Waals surface area contributed by atoms with Gasteiger partial charge in [-0.05, 0) is 111 Å². The lowest BCUT2D eigenvalue weighted by Gasteiger charge is -2.48. The van der Waals surface area contributed by atoms with Crippen LogP contribution in [-0.2, 0) is 53.4 Å². The first kappa shape index (κ1) is 63.0. The molecule has 0 unspecified atom stereocenters. The summed E-state index contributed by atoms with van der Waals surface area (Å²) in [6, 6.07) is 24.8. The first-order chi connectivity index (χ1) is 35.6. The van der Waals surface area contributed by atoms with Crippen molar-refractivity contribution >= 4 is 67.8 Å². The number of methoxy groups -OCH3 is 1. The second-order valence-corrected chi connectivity index (χ2v) is 35.0. The zero-order valence-corrected chi connectivity index (χ0v) is 52.0. The lowest BCUT2D eigenvalue weighted by molar-refractivity contribution is -0.269. The van der Waals surface area contributed by atoms with E-state index in [1.165, 1.54) is 10.4 Å². The highest BCUT2D eigenvalue weighted by atomic mass is 35.5. The molecule has 16 heteroatoms. The van der Waals surface area contributed by atoms with E-state index in [1.54, 1.807) is 25.3 Å². The summed E-state index contributed by atoms with van der Waals surface area (Å²) < 4.78 is 59.9. The zero-order valence-electron chi connectivity index (χ0n) is 47.7. The Labute approximate surface area is 472 Å². The molecule has 3 heterocycles. The van der Waals surface area contributed by atoms with Gasteiger partial charge in [-0.25, -0.2) is 0 Å². The summed E-state index contributed by atoms with van der Waals surface area (Å²) in [4.78, 5) is 14.2. The predicted octanol–water partition coefficient (Wildman–Crippen LogP) is 13.2. The number of aliphatic hydroxyl groups is 1. The smallest absolute Gasteiger partial charge is 0.306 e. The van der Waals surface area contributed by atoms with Crippen molar-refractivity contribution in [2.45, 2.75) is 216 Å². The van der Waals surface area contributed by atoms with E-state index in [-0.39, 0.29) is 60.9 Å². The van der Waals surface area contributed by atoms with Gasteiger partial charge in [-0.3, -0.25) is 4.79 Å². The van der Waals surface area contributed by atoms with E-state index in [1.807, 2.05) is 13.8 Å². The van der Waals surface area contributed by atoms with Crippen LogP contribution in [-0.4, -0.2) is 114 Å². The fourth-order valence-electron chi connectivity index (χ4n) is 11.3. The number of carbonyl (C=O) groups excluding carboxylic acids is 1. The van der Waals surface area contributed by atoms with E-state index >= 15 is 0 Å². The third-order valence-corrected chi connectivity index (χ3v) is 27.4. The molecule has 3 aromatic carbocycles. The minimum absolute atomic E-state index is 0.0221. The minimum Gasteiger partial charge on any atom is -0.459 e. The van der Waals surface area contributed by atoms with Crippen LogP contribution in [0.1, 0.15) is 133 Å². The molecule has 1 N–H and O–H groups in total. The largest absolute Gasteiger partial charge is 0.459 e. The highest BCUT2D eigenvalue weighted by Gasteiger charge is 2.57. The monoisotopic (exact) mass is 1150 g/mol. The molecular formula is C60H89Cl3O11Si2. The first-order valence-corrected chi connectivity index (χ1v) is 33.4. The van der Waals surface area contributed by atoms with Crippen LogP contribution in [0.4, 0.5) is 0 Å². The van der Waals surface area contributed by atoms with Crippen molar-refractivity contribution in [3.8, 4) is 0 Å². The fraction of sp³-hybridized carbons (Fsp3) is 0.650. The van der Waals surface area contributed by atoms with Crippen LogP contribution in [0, 0.1) is 5.92 Å². The molecule has 0 aromatic heterocycles. The number of aliphatic hydroxyl groups excluding tert-OH is 1. The molecule has 11 atom stereocenters. The number of esters is 1. The topological polar surface area (TPSA) is 120 Å². The van der Waals surface area contributed by atoms with Crippen molar-refractivity contribution < 1.29 is 51.9 Å². The van der Waals surface area contributed by atoms with E-state index in [0.29, 0.717) is 53.1 Å². The van der Waals surface area contributed by atoms with Crippen LogP contribution in [0.2, 0.25) is 38.2 Å². The number of rotatable bonds is 24. The lowest BCUT2D eigenvalue weighted by atomic mass is 9.79. The summed E-state index contributed by atoms with van der Waals surface area (Å²) in [5, 5.41) is 15.6. The van der Waals surface area contributed by atoms with Gasteiger partial charge >= 0.3 is 5.97 Å². The Morgan fingerprint density at radius 2 is 1.51 bits per heavy atom. The van der Waals surface area contributed by atoms with Gasteiger partial charge in [0, 0.05) is 60.2 Å².